The van der Waals surface area contributed by atoms with Crippen LogP contribution >= 0.6 is 0 Å². The summed E-state index contributed by atoms with van der Waals surface area (Å²) in [7, 11) is 0. The van der Waals surface area contributed by atoms with E-state index in [1.54, 1.807) is 30.3 Å². The van der Waals surface area contributed by atoms with Crippen molar-refractivity contribution < 1.29 is 9.72 Å². The fourth-order valence-corrected chi connectivity index (χ4v) is 1.88. The number of pyridine rings is 1. The number of carbonyl (C=O) groups is 1. The Morgan fingerprint density at radius 2 is 2.00 bits per heavy atom. The Morgan fingerprint density at radius 3 is 2.75 bits per heavy atom. The second kappa shape index (κ2) is 8.18. The average Bonchev–Trinajstić information content (AvgIpc) is 2.57. The highest BCUT2D eigenvalue weighted by molar-refractivity contribution is 5.82. The fourth-order valence-electron chi connectivity index (χ4n) is 1.88. The number of rotatable bonds is 6. The molecule has 1 N–H and O–H groups in total. The number of para-hydroxylation sites is 1. The minimum Gasteiger partial charge on any atom is -0.306 e. The van der Waals surface area contributed by atoms with E-state index in [9.17, 15) is 19.7 Å². The van der Waals surface area contributed by atoms with E-state index in [0.29, 0.717) is 5.56 Å². The van der Waals surface area contributed by atoms with Gasteiger partial charge in [0, 0.05) is 24.5 Å². The zero-order valence-corrected chi connectivity index (χ0v) is 12.5. The highest BCUT2D eigenvalue weighted by Gasteiger charge is 2.08. The molecule has 0 bridgehead atoms. The summed E-state index contributed by atoms with van der Waals surface area (Å²) in [5.74, 6) is -0.460. The molecule has 0 fully saturated rings. The van der Waals surface area contributed by atoms with Gasteiger partial charge in [0.15, 0.2) is 0 Å². The van der Waals surface area contributed by atoms with Crippen molar-refractivity contribution in [1.82, 2.24) is 9.99 Å². The van der Waals surface area contributed by atoms with Crippen LogP contribution in [0.15, 0.2) is 64.6 Å². The van der Waals surface area contributed by atoms with Gasteiger partial charge in [-0.1, -0.05) is 18.2 Å². The first-order chi connectivity index (χ1) is 11.6. The molecule has 8 heteroatoms. The quantitative estimate of drug-likeness (QED) is 0.494. The number of aromatic nitrogens is 1. The van der Waals surface area contributed by atoms with E-state index in [4.69, 9.17) is 0 Å². The van der Waals surface area contributed by atoms with Crippen LogP contribution in [0, 0.1) is 10.1 Å². The lowest BCUT2D eigenvalue weighted by Gasteiger charge is -2.02. The van der Waals surface area contributed by atoms with Crippen LogP contribution in [0.1, 0.15) is 5.56 Å². The first-order valence-electron chi connectivity index (χ1n) is 6.95. The Kier molecular flexibility index (Phi) is 5.73. The molecule has 1 heterocycles. The second-order valence-electron chi connectivity index (χ2n) is 4.65. The van der Waals surface area contributed by atoms with Gasteiger partial charge < -0.3 is 4.57 Å². The van der Waals surface area contributed by atoms with E-state index in [1.807, 2.05) is 0 Å². The lowest BCUT2D eigenvalue weighted by atomic mass is 10.2. The molecule has 0 radical (unpaired) electrons. The second-order valence-corrected chi connectivity index (χ2v) is 4.65. The van der Waals surface area contributed by atoms with Gasteiger partial charge in [0.25, 0.3) is 17.2 Å². The highest BCUT2D eigenvalue weighted by Crippen LogP contribution is 2.18. The van der Waals surface area contributed by atoms with Crippen LogP contribution in [-0.2, 0) is 11.3 Å². The minimum atomic E-state index is -0.476. The van der Waals surface area contributed by atoms with Gasteiger partial charge in [-0.05, 0) is 24.3 Å². The van der Waals surface area contributed by atoms with Gasteiger partial charge in [-0.15, -0.1) is 0 Å². The molecule has 0 atom stereocenters. The first-order valence-corrected chi connectivity index (χ1v) is 6.95. The Hall–Kier alpha value is -3.55. The molecule has 1 amide bonds. The maximum absolute atomic E-state index is 11.6. The molecule has 2 rings (SSSR count). The van der Waals surface area contributed by atoms with Crippen LogP contribution in [0.25, 0.3) is 6.08 Å². The molecule has 0 aliphatic rings. The van der Waals surface area contributed by atoms with Gasteiger partial charge in [0.05, 0.1) is 10.5 Å². The Balaban J connectivity index is 1.91. The molecule has 0 aliphatic carbocycles. The summed E-state index contributed by atoms with van der Waals surface area (Å²) >= 11 is 0. The summed E-state index contributed by atoms with van der Waals surface area (Å²) < 4.78 is 1.24. The van der Waals surface area contributed by atoms with Crippen molar-refractivity contribution in [2.45, 2.75) is 6.54 Å². The van der Waals surface area contributed by atoms with Gasteiger partial charge in [-0.2, -0.15) is 5.10 Å². The largest absolute Gasteiger partial charge is 0.306 e. The van der Waals surface area contributed by atoms with Crippen molar-refractivity contribution in [1.29, 1.82) is 0 Å². The molecule has 0 aliphatic heterocycles. The molecule has 0 spiro atoms. The number of nitrogens with one attached hydrogen (secondary N) is 1. The Bertz CT molecular complexity index is 855. The van der Waals surface area contributed by atoms with Crippen LogP contribution in [0.2, 0.25) is 0 Å². The van der Waals surface area contributed by atoms with Crippen molar-refractivity contribution >= 4 is 23.9 Å². The van der Waals surface area contributed by atoms with E-state index in [1.165, 1.54) is 41.3 Å². The maximum atomic E-state index is 11.6. The smallest absolute Gasteiger partial charge is 0.276 e. The lowest BCUT2D eigenvalue weighted by Crippen LogP contribution is -2.28. The third-order valence-corrected chi connectivity index (χ3v) is 2.97. The van der Waals surface area contributed by atoms with Crippen molar-refractivity contribution in [2.24, 2.45) is 5.10 Å². The summed E-state index contributed by atoms with van der Waals surface area (Å²) in [4.78, 5) is 33.5. The van der Waals surface area contributed by atoms with Gasteiger partial charge in [-0.25, -0.2) is 5.43 Å². The summed E-state index contributed by atoms with van der Waals surface area (Å²) in [5.41, 5.74) is 2.39. The summed E-state index contributed by atoms with van der Waals surface area (Å²) in [6.45, 7) is -0.148. The molecular formula is C16H14N4O4. The standard InChI is InChI=1S/C16H14N4O4/c21-15(12-19-11-4-3-9-16(19)22)18-17-10-5-7-13-6-1-2-8-14(13)20(23)24/h1-11H,12H2,(H,18,21)/b7-5+,17-10-. The molecular weight excluding hydrogens is 312 g/mol. The molecule has 1 aromatic heterocycles. The topological polar surface area (TPSA) is 107 Å². The summed E-state index contributed by atoms with van der Waals surface area (Å²) in [6.07, 6.45) is 5.77. The summed E-state index contributed by atoms with van der Waals surface area (Å²) in [5, 5.41) is 14.5. The Morgan fingerprint density at radius 1 is 1.25 bits per heavy atom. The third kappa shape index (κ3) is 4.73. The van der Waals surface area contributed by atoms with E-state index < -0.39 is 10.8 Å². The molecule has 122 valence electrons. The van der Waals surface area contributed by atoms with Crippen molar-refractivity contribution in [3.05, 3.63) is 80.8 Å². The fraction of sp³-hybridized carbons (Fsp3) is 0.0625. The highest BCUT2D eigenvalue weighted by atomic mass is 16.6. The van der Waals surface area contributed by atoms with E-state index in [0.717, 1.165) is 0 Å². The number of amides is 1. The molecule has 24 heavy (non-hydrogen) atoms. The van der Waals surface area contributed by atoms with Gasteiger partial charge >= 0.3 is 0 Å². The van der Waals surface area contributed by atoms with Gasteiger partial charge in [0.2, 0.25) is 0 Å². The molecule has 0 saturated heterocycles. The van der Waals surface area contributed by atoms with Crippen molar-refractivity contribution in [2.75, 3.05) is 0 Å². The molecule has 0 saturated carbocycles. The van der Waals surface area contributed by atoms with E-state index in [2.05, 4.69) is 10.5 Å². The molecule has 0 unspecified atom stereocenters. The molecule has 2 aromatic rings. The maximum Gasteiger partial charge on any atom is 0.276 e. The first kappa shape index (κ1) is 16.8. The van der Waals surface area contributed by atoms with Gasteiger partial charge in [-0.3, -0.25) is 19.7 Å². The van der Waals surface area contributed by atoms with Crippen LogP contribution in [0.5, 0.6) is 0 Å². The lowest BCUT2D eigenvalue weighted by molar-refractivity contribution is -0.385. The van der Waals surface area contributed by atoms with Crippen LogP contribution < -0.4 is 11.0 Å². The van der Waals surface area contributed by atoms with Crippen molar-refractivity contribution in [3.8, 4) is 0 Å². The van der Waals surface area contributed by atoms with E-state index >= 15 is 0 Å². The number of hydrogen-bond donors (Lipinski definition) is 1. The predicted molar refractivity (Wildman–Crippen MR) is 89.5 cm³/mol. The predicted octanol–water partition coefficient (Wildman–Crippen LogP) is 1.57. The normalized spacial score (nSPS) is 11.0. The number of hydrazone groups is 1. The number of carbonyl (C=O) groups excluding carboxylic acids is 1. The average molecular weight is 326 g/mol. The minimum absolute atomic E-state index is 0.0189. The SMILES string of the molecule is O=C(Cn1ccccc1=O)N/N=C\C=C\c1ccccc1[N+](=O)[O-]. The van der Waals surface area contributed by atoms with Crippen LogP contribution in [0.3, 0.4) is 0 Å². The number of nitro groups is 1. The number of allylic oxidation sites excluding steroid dienone is 1. The van der Waals surface area contributed by atoms with Gasteiger partial charge in [0.1, 0.15) is 6.54 Å². The number of nitro benzene ring substituents is 1. The van der Waals surface area contributed by atoms with Crippen LogP contribution in [0.4, 0.5) is 5.69 Å². The number of hydrogen-bond acceptors (Lipinski definition) is 5. The van der Waals surface area contributed by atoms with Crippen LogP contribution in [-0.4, -0.2) is 21.6 Å². The van der Waals surface area contributed by atoms with Crippen molar-refractivity contribution in [3.63, 3.8) is 0 Å². The number of benzene rings is 1. The number of nitrogens with zero attached hydrogens (tertiary/aromatic N) is 3. The zero-order chi connectivity index (χ0) is 17.4. The molecule has 1 aromatic carbocycles. The third-order valence-electron chi connectivity index (χ3n) is 2.97. The zero-order valence-electron chi connectivity index (χ0n) is 12.5. The summed E-state index contributed by atoms with van der Waals surface area (Å²) in [6, 6.07) is 10.8. The molecule has 8 nitrogen and oxygen atoms in total. The monoisotopic (exact) mass is 326 g/mol. The Labute approximate surface area is 136 Å². The van der Waals surface area contributed by atoms with E-state index in [-0.39, 0.29) is 17.8 Å².